The molecule has 1 atom stereocenters. The van der Waals surface area contributed by atoms with Gasteiger partial charge in [-0.15, -0.1) is 0 Å². The highest BCUT2D eigenvalue weighted by Crippen LogP contribution is 2.28. The maximum Gasteiger partial charge on any atom is 0.314 e. The van der Waals surface area contributed by atoms with Crippen molar-refractivity contribution < 1.29 is 4.79 Å². The van der Waals surface area contributed by atoms with E-state index in [1.807, 2.05) is 0 Å². The van der Waals surface area contributed by atoms with Crippen molar-refractivity contribution in [2.24, 2.45) is 0 Å². The van der Waals surface area contributed by atoms with Crippen molar-refractivity contribution in [3.8, 4) is 0 Å². The van der Waals surface area contributed by atoms with Crippen LogP contribution in [0, 0.1) is 0 Å². The highest BCUT2D eigenvalue weighted by atomic mass is 16.2. The Morgan fingerprint density at radius 3 is 2.80 bits per heavy atom. The van der Waals surface area contributed by atoms with Gasteiger partial charge in [-0.3, -0.25) is 0 Å². The van der Waals surface area contributed by atoms with E-state index in [0.29, 0.717) is 25.6 Å². The number of amides is 2. The monoisotopic (exact) mass is 340 g/mol. The standard InChI is InChI=1S/C18H24N6O/c1-14(24-12-7-15-5-2-3-6-16(15)24)13-23-18(25)22-11-10-21-17-19-8-4-9-20-17/h2-6,8-9,14H,7,10-13H2,1H3,(H,19,20,21)(H2,22,23,25)/t14-/m0/s1. The molecule has 7 heteroatoms. The summed E-state index contributed by atoms with van der Waals surface area (Å²) < 4.78 is 0. The summed E-state index contributed by atoms with van der Waals surface area (Å²) in [6.07, 6.45) is 4.42. The molecule has 25 heavy (non-hydrogen) atoms. The SMILES string of the molecule is C[C@@H](CNC(=O)NCCNc1ncccn1)N1CCc2ccccc21. The van der Waals surface area contributed by atoms with Crippen molar-refractivity contribution in [2.45, 2.75) is 19.4 Å². The number of aromatic nitrogens is 2. The molecule has 0 unspecified atom stereocenters. The van der Waals surface area contributed by atoms with Gasteiger partial charge in [0.05, 0.1) is 0 Å². The molecule has 3 rings (SSSR count). The first-order chi connectivity index (χ1) is 12.2. The van der Waals surface area contributed by atoms with Gasteiger partial charge in [-0.2, -0.15) is 0 Å². The van der Waals surface area contributed by atoms with Crippen LogP contribution in [0.3, 0.4) is 0 Å². The number of nitrogens with zero attached hydrogens (tertiary/aromatic N) is 3. The average Bonchev–Trinajstić information content (AvgIpc) is 3.08. The summed E-state index contributed by atoms with van der Waals surface area (Å²) >= 11 is 0. The van der Waals surface area contributed by atoms with E-state index in [0.717, 1.165) is 13.0 Å². The van der Waals surface area contributed by atoms with E-state index >= 15 is 0 Å². The highest BCUT2D eigenvalue weighted by molar-refractivity contribution is 5.74. The Hall–Kier alpha value is -2.83. The van der Waals surface area contributed by atoms with Crippen molar-refractivity contribution in [1.29, 1.82) is 0 Å². The van der Waals surface area contributed by atoms with Crippen LogP contribution in [-0.4, -0.2) is 48.2 Å². The van der Waals surface area contributed by atoms with Gasteiger partial charge >= 0.3 is 6.03 Å². The molecule has 3 N–H and O–H groups in total. The summed E-state index contributed by atoms with van der Waals surface area (Å²) in [7, 11) is 0. The van der Waals surface area contributed by atoms with Crippen molar-refractivity contribution in [1.82, 2.24) is 20.6 Å². The van der Waals surface area contributed by atoms with Crippen molar-refractivity contribution >= 4 is 17.7 Å². The molecule has 7 nitrogen and oxygen atoms in total. The number of hydrogen-bond donors (Lipinski definition) is 3. The minimum Gasteiger partial charge on any atom is -0.366 e. The molecular formula is C18H24N6O. The Bertz CT molecular complexity index is 693. The third-order valence-corrected chi connectivity index (χ3v) is 4.27. The van der Waals surface area contributed by atoms with E-state index in [1.54, 1.807) is 18.5 Å². The molecule has 2 heterocycles. The molecule has 0 radical (unpaired) electrons. The molecule has 0 saturated heterocycles. The Labute approximate surface area is 147 Å². The molecule has 1 aromatic heterocycles. The predicted molar refractivity (Wildman–Crippen MR) is 98.9 cm³/mol. The number of nitrogens with one attached hydrogen (secondary N) is 3. The molecule has 0 spiro atoms. The number of hydrogen-bond acceptors (Lipinski definition) is 5. The van der Waals surface area contributed by atoms with Gasteiger partial charge in [-0.25, -0.2) is 14.8 Å². The second kappa shape index (κ2) is 8.32. The lowest BCUT2D eigenvalue weighted by Gasteiger charge is -2.27. The molecule has 0 saturated carbocycles. The van der Waals surface area contributed by atoms with Crippen LogP contribution in [0.1, 0.15) is 12.5 Å². The van der Waals surface area contributed by atoms with Gasteiger partial charge in [0, 0.05) is 50.3 Å². The number of benzene rings is 1. The quantitative estimate of drug-likeness (QED) is 0.668. The minimum atomic E-state index is -0.157. The van der Waals surface area contributed by atoms with Crippen LogP contribution in [0.2, 0.25) is 0 Å². The van der Waals surface area contributed by atoms with Crippen LogP contribution in [-0.2, 0) is 6.42 Å². The highest BCUT2D eigenvalue weighted by Gasteiger charge is 2.22. The fourth-order valence-electron chi connectivity index (χ4n) is 2.98. The van der Waals surface area contributed by atoms with Crippen LogP contribution in [0.15, 0.2) is 42.7 Å². The summed E-state index contributed by atoms with van der Waals surface area (Å²) in [5.74, 6) is 0.561. The van der Waals surface area contributed by atoms with Crippen LogP contribution in [0.5, 0.6) is 0 Å². The number of anilines is 2. The molecular weight excluding hydrogens is 316 g/mol. The summed E-state index contributed by atoms with van der Waals surface area (Å²) in [5, 5.41) is 8.82. The van der Waals surface area contributed by atoms with Gasteiger partial charge in [0.15, 0.2) is 0 Å². The van der Waals surface area contributed by atoms with Gasteiger partial charge in [0.25, 0.3) is 0 Å². The number of carbonyl (C=O) groups excluding carboxylic acids is 1. The van der Waals surface area contributed by atoms with Crippen LogP contribution < -0.4 is 20.9 Å². The molecule has 2 amide bonds. The van der Waals surface area contributed by atoms with E-state index in [1.165, 1.54) is 11.3 Å². The fourth-order valence-corrected chi connectivity index (χ4v) is 2.98. The zero-order chi connectivity index (χ0) is 17.5. The Balaban J connectivity index is 1.35. The van der Waals surface area contributed by atoms with E-state index in [2.05, 4.69) is 62.0 Å². The Morgan fingerprint density at radius 1 is 1.16 bits per heavy atom. The maximum atomic E-state index is 11.9. The van der Waals surface area contributed by atoms with Gasteiger partial charge in [0.1, 0.15) is 0 Å². The minimum absolute atomic E-state index is 0.157. The number of urea groups is 1. The molecule has 1 aromatic carbocycles. The first-order valence-corrected chi connectivity index (χ1v) is 8.61. The smallest absolute Gasteiger partial charge is 0.314 e. The molecule has 0 aliphatic carbocycles. The first-order valence-electron chi connectivity index (χ1n) is 8.61. The van der Waals surface area contributed by atoms with Crippen LogP contribution in [0.25, 0.3) is 0 Å². The number of rotatable bonds is 7. The Morgan fingerprint density at radius 2 is 1.96 bits per heavy atom. The maximum absolute atomic E-state index is 11.9. The molecule has 2 aromatic rings. The molecule has 132 valence electrons. The van der Waals surface area contributed by atoms with E-state index in [-0.39, 0.29) is 12.1 Å². The van der Waals surface area contributed by atoms with Crippen LogP contribution in [0.4, 0.5) is 16.4 Å². The number of fused-ring (bicyclic) bond motifs is 1. The van der Waals surface area contributed by atoms with Gasteiger partial charge in [-0.05, 0) is 31.0 Å². The summed E-state index contributed by atoms with van der Waals surface area (Å²) in [5.41, 5.74) is 2.66. The molecule has 0 fully saturated rings. The third-order valence-electron chi connectivity index (χ3n) is 4.27. The lowest BCUT2D eigenvalue weighted by molar-refractivity contribution is 0.240. The summed E-state index contributed by atoms with van der Waals surface area (Å²) in [4.78, 5) is 22.4. The summed E-state index contributed by atoms with van der Waals surface area (Å²) in [6.45, 7) is 4.83. The normalized spacial score (nSPS) is 13.9. The van der Waals surface area contributed by atoms with E-state index in [4.69, 9.17) is 0 Å². The van der Waals surface area contributed by atoms with Gasteiger partial charge in [0.2, 0.25) is 5.95 Å². The lowest BCUT2D eigenvalue weighted by Crippen LogP contribution is -2.45. The Kier molecular flexibility index (Phi) is 5.66. The lowest BCUT2D eigenvalue weighted by atomic mass is 10.2. The second-order valence-electron chi connectivity index (χ2n) is 6.06. The zero-order valence-corrected chi connectivity index (χ0v) is 14.4. The summed E-state index contributed by atoms with van der Waals surface area (Å²) in [6, 6.07) is 10.3. The molecule has 1 aliphatic heterocycles. The number of carbonyl (C=O) groups is 1. The molecule has 0 bridgehead atoms. The van der Waals surface area contributed by atoms with Crippen molar-refractivity contribution in [3.05, 3.63) is 48.3 Å². The number of para-hydroxylation sites is 1. The van der Waals surface area contributed by atoms with Crippen molar-refractivity contribution in [2.75, 3.05) is 36.4 Å². The molecule has 1 aliphatic rings. The fraction of sp³-hybridized carbons (Fsp3) is 0.389. The van der Waals surface area contributed by atoms with Crippen molar-refractivity contribution in [3.63, 3.8) is 0 Å². The predicted octanol–water partition coefficient (Wildman–Crippen LogP) is 1.64. The zero-order valence-electron chi connectivity index (χ0n) is 14.4. The van der Waals surface area contributed by atoms with E-state index in [9.17, 15) is 4.79 Å². The van der Waals surface area contributed by atoms with Crippen LogP contribution >= 0.6 is 0 Å². The third kappa shape index (κ3) is 4.59. The topological polar surface area (TPSA) is 82.2 Å². The average molecular weight is 340 g/mol. The second-order valence-corrected chi connectivity index (χ2v) is 6.06. The largest absolute Gasteiger partial charge is 0.366 e. The van der Waals surface area contributed by atoms with Gasteiger partial charge < -0.3 is 20.9 Å². The first kappa shape index (κ1) is 17.0. The van der Waals surface area contributed by atoms with Gasteiger partial charge in [-0.1, -0.05) is 18.2 Å². The van der Waals surface area contributed by atoms with E-state index < -0.39 is 0 Å².